The summed E-state index contributed by atoms with van der Waals surface area (Å²) in [5, 5.41) is 0. The van der Waals surface area contributed by atoms with Gasteiger partial charge in [0.15, 0.2) is 0 Å². The van der Waals surface area contributed by atoms with E-state index in [0.29, 0.717) is 19.4 Å². The molecule has 0 amide bonds. The van der Waals surface area contributed by atoms with E-state index in [1.165, 1.54) is 7.11 Å². The fourth-order valence-electron chi connectivity index (χ4n) is 0.765. The molecule has 0 saturated heterocycles. The van der Waals surface area contributed by atoms with Crippen molar-refractivity contribution in [2.24, 2.45) is 0 Å². The van der Waals surface area contributed by atoms with E-state index in [0.717, 1.165) is 0 Å². The Kier molecular flexibility index (Phi) is 5.38. The van der Waals surface area contributed by atoms with E-state index in [9.17, 15) is 4.79 Å². The molecule has 0 bridgehead atoms. The van der Waals surface area contributed by atoms with Gasteiger partial charge in [-0.2, -0.15) is 0 Å². The molecule has 0 radical (unpaired) electrons. The summed E-state index contributed by atoms with van der Waals surface area (Å²) in [7, 11) is 1.30. The Morgan fingerprint density at radius 1 is 1.58 bits per heavy atom. The predicted octanol–water partition coefficient (Wildman–Crippen LogP) is 1.23. The van der Waals surface area contributed by atoms with Gasteiger partial charge in [-0.15, -0.1) is 0 Å². The Hall–Kier alpha value is -1.55. The van der Waals surface area contributed by atoms with E-state index in [2.05, 4.69) is 14.4 Å². The summed E-state index contributed by atoms with van der Waals surface area (Å²) in [4.78, 5) is 17.6. The Morgan fingerprint density at radius 2 is 2.25 bits per heavy atom. The van der Waals surface area contributed by atoms with E-state index in [-0.39, 0.29) is 0 Å². The first-order valence-corrected chi connectivity index (χ1v) is 3.60. The number of methoxy groups -OCH3 is 1. The van der Waals surface area contributed by atoms with Gasteiger partial charge in [-0.1, -0.05) is 9.69 Å². The highest BCUT2D eigenvalue weighted by molar-refractivity contribution is 5.77. The summed E-state index contributed by atoms with van der Waals surface area (Å²) in [6.07, 6.45) is 1.20. The molecule has 0 fully saturated rings. The second kappa shape index (κ2) is 6.18. The fourth-order valence-corrected chi connectivity index (χ4v) is 0.765. The summed E-state index contributed by atoms with van der Waals surface area (Å²) in [5.41, 5.74) is 0. The van der Waals surface area contributed by atoms with Crippen LogP contribution in [0.5, 0.6) is 0 Å². The zero-order valence-electron chi connectivity index (χ0n) is 7.06. The molecule has 0 aromatic heterocycles. The van der Waals surface area contributed by atoms with Crippen molar-refractivity contribution in [3.63, 3.8) is 0 Å². The van der Waals surface area contributed by atoms with Crippen molar-refractivity contribution < 1.29 is 9.53 Å². The molecule has 0 rings (SSSR count). The lowest BCUT2D eigenvalue weighted by molar-refractivity contribution is -0.141. The van der Waals surface area contributed by atoms with Gasteiger partial charge in [0, 0.05) is 12.8 Å². The number of rotatable bonds is 4. The molecule has 0 aromatic rings. The Morgan fingerprint density at radius 3 is 2.67 bits per heavy atom. The van der Waals surface area contributed by atoms with Crippen LogP contribution in [0, 0.1) is 13.1 Å². The Balaban J connectivity index is 3.79. The minimum atomic E-state index is -0.586. The average Bonchev–Trinajstić information content (AvgIpc) is 2.11. The molecule has 12 heavy (non-hydrogen) atoms. The molecular weight excluding hydrogens is 156 g/mol. The van der Waals surface area contributed by atoms with Gasteiger partial charge < -0.3 is 4.74 Å². The maximum Gasteiger partial charge on any atom is 0.394 e. The minimum Gasteiger partial charge on any atom is -0.463 e. The maximum absolute atomic E-state index is 10.9. The molecule has 4 heteroatoms. The summed E-state index contributed by atoms with van der Waals surface area (Å²) in [5.74, 6) is -0.422. The summed E-state index contributed by atoms with van der Waals surface area (Å²) >= 11 is 0. The quantitative estimate of drug-likeness (QED) is 0.467. The molecule has 0 N–H and O–H groups in total. The monoisotopic (exact) mass is 168 g/mol. The van der Waals surface area contributed by atoms with Gasteiger partial charge in [0.05, 0.1) is 7.11 Å². The van der Waals surface area contributed by atoms with Crippen LogP contribution < -0.4 is 0 Å². The van der Waals surface area contributed by atoms with E-state index < -0.39 is 12.0 Å². The van der Waals surface area contributed by atoms with Gasteiger partial charge in [-0.3, -0.25) is 0 Å². The summed E-state index contributed by atoms with van der Waals surface area (Å²) in [6.45, 7) is 10.4. The minimum absolute atomic E-state index is 0.422. The van der Waals surface area contributed by atoms with Gasteiger partial charge in [0.1, 0.15) is 0 Å². The summed E-state index contributed by atoms with van der Waals surface area (Å²) < 4.78 is 4.46. The molecule has 0 aliphatic carbocycles. The molecule has 1 unspecified atom stereocenters. The van der Waals surface area contributed by atoms with Crippen LogP contribution in [0.15, 0.2) is 0 Å². The number of carbonyl (C=O) groups is 1. The van der Waals surface area contributed by atoms with Crippen LogP contribution in [0.25, 0.3) is 9.69 Å². The number of esters is 1. The van der Waals surface area contributed by atoms with Crippen molar-refractivity contribution in [3.05, 3.63) is 9.69 Å². The summed E-state index contributed by atoms with van der Waals surface area (Å²) in [6, 6.07) is -0.586. The molecule has 4 nitrogen and oxygen atoms in total. The number of hydrogen-bond acceptors (Lipinski definition) is 2. The predicted molar refractivity (Wildman–Crippen MR) is 46.5 cm³/mol. The molecular formula is C8H12N2O2+2. The van der Waals surface area contributed by atoms with Crippen LogP contribution in [-0.4, -0.2) is 25.7 Å². The number of ether oxygens (including phenoxy) is 1. The van der Waals surface area contributed by atoms with Gasteiger partial charge in [-0.25, -0.2) is 4.79 Å². The molecule has 0 spiro atoms. The molecule has 1 atom stereocenters. The smallest absolute Gasteiger partial charge is 0.394 e. The molecule has 0 aromatic carbocycles. The maximum atomic E-state index is 10.9. The van der Waals surface area contributed by atoms with Gasteiger partial charge >= 0.3 is 12.0 Å². The first-order valence-electron chi connectivity index (χ1n) is 3.60. The topological polar surface area (TPSA) is 35.0 Å². The zero-order chi connectivity index (χ0) is 9.40. The van der Waals surface area contributed by atoms with Gasteiger partial charge in [-0.05, 0) is 0 Å². The molecule has 0 saturated carbocycles. The average molecular weight is 168 g/mol. The van der Waals surface area contributed by atoms with Gasteiger partial charge in [0.2, 0.25) is 0 Å². The van der Waals surface area contributed by atoms with Crippen molar-refractivity contribution >= 4 is 5.97 Å². The van der Waals surface area contributed by atoms with Crippen LogP contribution >= 0.6 is 0 Å². The second-order valence-electron chi connectivity index (χ2n) is 2.24. The third kappa shape index (κ3) is 3.58. The SMILES string of the molecule is C#[N+]CCCC([N+]#C)C(=O)OC. The highest BCUT2D eigenvalue weighted by Gasteiger charge is 2.27. The first kappa shape index (κ1) is 10.4. The van der Waals surface area contributed by atoms with Crippen molar-refractivity contribution in [2.75, 3.05) is 13.7 Å². The zero-order valence-corrected chi connectivity index (χ0v) is 7.06. The second-order valence-corrected chi connectivity index (χ2v) is 2.24. The number of hydrogen-bond donors (Lipinski definition) is 0. The van der Waals surface area contributed by atoms with Crippen molar-refractivity contribution in [2.45, 2.75) is 18.9 Å². The van der Waals surface area contributed by atoms with Gasteiger partial charge in [0.25, 0.3) is 19.7 Å². The first-order chi connectivity index (χ1) is 5.76. The Bertz CT molecular complexity index is 224. The Labute approximate surface area is 71.8 Å². The lowest BCUT2D eigenvalue weighted by atomic mass is 10.2. The van der Waals surface area contributed by atoms with Crippen LogP contribution in [0.1, 0.15) is 12.8 Å². The lowest BCUT2D eigenvalue weighted by Gasteiger charge is -1.95. The molecule has 0 heterocycles. The van der Waals surface area contributed by atoms with E-state index >= 15 is 0 Å². The lowest BCUT2D eigenvalue weighted by Crippen LogP contribution is -2.18. The van der Waals surface area contributed by atoms with Crippen LogP contribution in [0.4, 0.5) is 0 Å². The van der Waals surface area contributed by atoms with E-state index in [1.807, 2.05) is 0 Å². The van der Waals surface area contributed by atoms with Crippen LogP contribution in [0.2, 0.25) is 0 Å². The number of nitrogens with zero attached hydrogens (tertiary/aromatic N) is 2. The van der Waals surface area contributed by atoms with E-state index in [4.69, 9.17) is 13.1 Å². The van der Waals surface area contributed by atoms with Crippen LogP contribution in [-0.2, 0) is 9.53 Å². The third-order valence-electron chi connectivity index (χ3n) is 1.42. The third-order valence-corrected chi connectivity index (χ3v) is 1.42. The highest BCUT2D eigenvalue weighted by Crippen LogP contribution is 2.03. The molecule has 0 aliphatic heterocycles. The van der Waals surface area contributed by atoms with E-state index in [1.54, 1.807) is 0 Å². The fraction of sp³-hybridized carbons (Fsp3) is 0.625. The van der Waals surface area contributed by atoms with Crippen molar-refractivity contribution in [1.82, 2.24) is 0 Å². The largest absolute Gasteiger partial charge is 0.463 e. The highest BCUT2D eigenvalue weighted by atomic mass is 16.5. The molecule has 0 aliphatic rings. The van der Waals surface area contributed by atoms with Crippen LogP contribution in [0.3, 0.4) is 0 Å². The number of carbonyl (C=O) groups excluding carboxylic acids is 1. The normalized spacial score (nSPS) is 10.9. The van der Waals surface area contributed by atoms with Crippen molar-refractivity contribution in [3.8, 4) is 13.1 Å². The standard InChI is InChI=1S/C8H12N2O2/c1-9-6-4-5-7(10-2)8(11)12-3/h1-2,7H,4-6H2,3H3/q+2. The van der Waals surface area contributed by atoms with Crippen molar-refractivity contribution in [1.29, 1.82) is 0 Å². The molecule has 64 valence electrons.